The van der Waals surface area contributed by atoms with Crippen LogP contribution in [-0.4, -0.2) is 79.8 Å². The minimum Gasteiger partial charge on any atom is -0.387 e. The number of rotatable bonds is 8. The maximum atomic E-state index is 13.6. The van der Waals surface area contributed by atoms with E-state index in [-0.39, 0.29) is 43.3 Å². The Morgan fingerprint density at radius 3 is 2.30 bits per heavy atom. The number of fused-ring (bicyclic) bond motifs is 1. The van der Waals surface area contributed by atoms with Crippen molar-refractivity contribution in [1.82, 2.24) is 14.5 Å². The summed E-state index contributed by atoms with van der Waals surface area (Å²) in [6, 6.07) is 17.8. The lowest BCUT2D eigenvalue weighted by Crippen LogP contribution is -2.56. The number of hydrogen-bond acceptors (Lipinski definition) is 6. The molecule has 1 heterocycles. The molecule has 3 aromatic carbocycles. The van der Waals surface area contributed by atoms with Gasteiger partial charge in [-0.3, -0.25) is 15.0 Å². The minimum absolute atomic E-state index is 0.0415. The summed E-state index contributed by atoms with van der Waals surface area (Å²) in [6.45, 7) is 0.317. The number of piperazine rings is 1. The van der Waals surface area contributed by atoms with Gasteiger partial charge >= 0.3 is 0 Å². The highest BCUT2D eigenvalue weighted by Gasteiger charge is 2.32. The van der Waals surface area contributed by atoms with Crippen LogP contribution in [0, 0.1) is 5.41 Å². The number of nitrogen functional groups attached to an aromatic ring is 1. The average molecular weight is 524 g/mol. The number of amidine groups is 1. The quantitative estimate of drug-likeness (QED) is 0.251. The SMILES string of the molecule is N=C(N)c1cccc(C[C@H](NS(=O)(=O)c2ccc3ccccc3c2)C(=O)N2CCN(C(=O)CO)CC2)c1. The number of sulfonamides is 1. The van der Waals surface area contributed by atoms with Crippen molar-refractivity contribution in [3.8, 4) is 0 Å². The predicted molar refractivity (Wildman–Crippen MR) is 139 cm³/mol. The molecule has 1 atom stereocenters. The summed E-state index contributed by atoms with van der Waals surface area (Å²) >= 11 is 0. The molecule has 2 amide bonds. The molecule has 0 spiro atoms. The maximum Gasteiger partial charge on any atom is 0.248 e. The molecular formula is C26H29N5O5S. The molecular weight excluding hydrogens is 494 g/mol. The Morgan fingerprint density at radius 1 is 0.946 bits per heavy atom. The summed E-state index contributed by atoms with van der Waals surface area (Å²) in [4.78, 5) is 28.4. The third kappa shape index (κ3) is 6.13. The van der Waals surface area contributed by atoms with Crippen molar-refractivity contribution < 1.29 is 23.1 Å². The molecule has 0 radical (unpaired) electrons. The van der Waals surface area contributed by atoms with Gasteiger partial charge in [-0.05, 0) is 41.0 Å². The Morgan fingerprint density at radius 2 is 1.62 bits per heavy atom. The number of hydrogen-bond donors (Lipinski definition) is 4. The summed E-state index contributed by atoms with van der Waals surface area (Å²) in [5, 5.41) is 18.4. The van der Waals surface area contributed by atoms with E-state index in [1.54, 1.807) is 36.4 Å². The molecule has 11 heteroatoms. The van der Waals surface area contributed by atoms with Crippen molar-refractivity contribution in [2.45, 2.75) is 17.4 Å². The third-order valence-electron chi connectivity index (χ3n) is 6.38. The summed E-state index contributed by atoms with van der Waals surface area (Å²) in [7, 11) is -4.07. The van der Waals surface area contributed by atoms with Gasteiger partial charge in [-0.25, -0.2) is 8.42 Å². The van der Waals surface area contributed by atoms with Crippen molar-refractivity contribution in [1.29, 1.82) is 5.41 Å². The van der Waals surface area contributed by atoms with E-state index in [1.165, 1.54) is 15.9 Å². The second kappa shape index (κ2) is 11.1. The number of amides is 2. The predicted octanol–water partition coefficient (Wildman–Crippen LogP) is 0.677. The first-order chi connectivity index (χ1) is 17.7. The van der Waals surface area contributed by atoms with Crippen LogP contribution in [0.1, 0.15) is 11.1 Å². The first-order valence-corrected chi connectivity index (χ1v) is 13.3. The molecule has 0 aromatic heterocycles. The van der Waals surface area contributed by atoms with Crippen molar-refractivity contribution in [3.05, 3.63) is 77.9 Å². The lowest BCUT2D eigenvalue weighted by atomic mass is 10.0. The Balaban J connectivity index is 1.61. The van der Waals surface area contributed by atoms with Gasteiger partial charge in [-0.1, -0.05) is 48.5 Å². The second-order valence-electron chi connectivity index (χ2n) is 8.87. The second-order valence-corrected chi connectivity index (χ2v) is 10.6. The van der Waals surface area contributed by atoms with Crippen molar-refractivity contribution in [2.24, 2.45) is 5.73 Å². The Kier molecular flexibility index (Phi) is 7.86. The zero-order chi connectivity index (χ0) is 26.6. The standard InChI is InChI=1S/C26H29N5O5S/c27-25(28)21-7-3-4-18(14-21)15-23(26(34)31-12-10-30(11-13-31)24(33)17-32)29-37(35,36)22-9-8-19-5-1-2-6-20(19)16-22/h1-9,14,16,23,29,32H,10-13,15,17H2,(H3,27,28)/t23-/m0/s1. The van der Waals surface area contributed by atoms with Crippen LogP contribution in [0.25, 0.3) is 10.8 Å². The number of carbonyl (C=O) groups is 2. The highest BCUT2D eigenvalue weighted by Crippen LogP contribution is 2.20. The van der Waals surface area contributed by atoms with Crippen LogP contribution in [0.4, 0.5) is 0 Å². The van der Waals surface area contributed by atoms with E-state index in [1.807, 2.05) is 24.3 Å². The monoisotopic (exact) mass is 523 g/mol. The molecule has 0 bridgehead atoms. The van der Waals surface area contributed by atoms with E-state index in [0.29, 0.717) is 11.1 Å². The van der Waals surface area contributed by atoms with Gasteiger partial charge in [0.1, 0.15) is 18.5 Å². The fourth-order valence-electron chi connectivity index (χ4n) is 4.37. The number of nitrogens with zero attached hydrogens (tertiary/aromatic N) is 2. The van der Waals surface area contributed by atoms with E-state index in [4.69, 9.17) is 16.2 Å². The summed E-state index contributed by atoms with van der Waals surface area (Å²) in [5.74, 6) is -0.971. The number of aliphatic hydroxyl groups excluding tert-OH is 1. The molecule has 1 fully saturated rings. The van der Waals surface area contributed by atoms with Crippen LogP contribution < -0.4 is 10.5 Å². The number of carbonyl (C=O) groups excluding carboxylic acids is 2. The van der Waals surface area contributed by atoms with Gasteiger partial charge in [-0.15, -0.1) is 0 Å². The molecule has 0 unspecified atom stereocenters. The molecule has 194 valence electrons. The van der Waals surface area contributed by atoms with E-state index >= 15 is 0 Å². The molecule has 4 rings (SSSR count). The Hall–Kier alpha value is -3.80. The molecule has 1 saturated heterocycles. The Bertz CT molecular complexity index is 1430. The smallest absolute Gasteiger partial charge is 0.248 e. The van der Waals surface area contributed by atoms with Crippen LogP contribution in [0.3, 0.4) is 0 Å². The lowest BCUT2D eigenvalue weighted by molar-refractivity contribution is -0.142. The normalized spacial score (nSPS) is 14.9. The number of nitrogens with two attached hydrogens (primary N) is 1. The van der Waals surface area contributed by atoms with Gasteiger partial charge in [0.2, 0.25) is 21.8 Å². The molecule has 10 nitrogen and oxygen atoms in total. The van der Waals surface area contributed by atoms with Crippen molar-refractivity contribution in [3.63, 3.8) is 0 Å². The van der Waals surface area contributed by atoms with Crippen LogP contribution in [0.2, 0.25) is 0 Å². The van der Waals surface area contributed by atoms with E-state index < -0.39 is 34.5 Å². The molecule has 1 aliphatic heterocycles. The lowest BCUT2D eigenvalue weighted by Gasteiger charge is -2.36. The molecule has 3 aromatic rings. The summed E-state index contributed by atoms with van der Waals surface area (Å²) in [6.07, 6.45) is 0.0442. The van der Waals surface area contributed by atoms with Crippen molar-refractivity contribution >= 4 is 38.4 Å². The zero-order valence-electron chi connectivity index (χ0n) is 20.1. The van der Waals surface area contributed by atoms with Gasteiger partial charge in [0.15, 0.2) is 0 Å². The number of aliphatic hydroxyl groups is 1. The van der Waals surface area contributed by atoms with Crippen LogP contribution in [0.15, 0.2) is 71.6 Å². The maximum absolute atomic E-state index is 13.6. The van der Waals surface area contributed by atoms with Crippen LogP contribution in [0.5, 0.6) is 0 Å². The molecule has 1 aliphatic rings. The van der Waals surface area contributed by atoms with Gasteiger partial charge in [0, 0.05) is 31.7 Å². The first kappa shape index (κ1) is 26.3. The molecule has 0 aliphatic carbocycles. The van der Waals surface area contributed by atoms with E-state index in [2.05, 4.69) is 4.72 Å². The number of nitrogens with one attached hydrogen (secondary N) is 2. The Labute approximate surface area is 215 Å². The first-order valence-electron chi connectivity index (χ1n) is 11.8. The summed E-state index contributed by atoms with van der Waals surface area (Å²) < 4.78 is 29.4. The molecule has 0 saturated carbocycles. The summed E-state index contributed by atoms with van der Waals surface area (Å²) in [5.41, 5.74) is 6.72. The average Bonchev–Trinajstić information content (AvgIpc) is 2.91. The largest absolute Gasteiger partial charge is 0.387 e. The molecule has 37 heavy (non-hydrogen) atoms. The van der Waals surface area contributed by atoms with Gasteiger partial charge in [0.25, 0.3) is 0 Å². The van der Waals surface area contributed by atoms with Gasteiger partial charge in [-0.2, -0.15) is 4.72 Å². The highest BCUT2D eigenvalue weighted by atomic mass is 32.2. The van der Waals surface area contributed by atoms with Crippen LogP contribution >= 0.6 is 0 Å². The van der Waals surface area contributed by atoms with E-state index in [9.17, 15) is 18.0 Å². The highest BCUT2D eigenvalue weighted by molar-refractivity contribution is 7.89. The van der Waals surface area contributed by atoms with Crippen LogP contribution in [-0.2, 0) is 26.0 Å². The van der Waals surface area contributed by atoms with Crippen molar-refractivity contribution in [2.75, 3.05) is 32.8 Å². The fraction of sp³-hybridized carbons (Fsp3) is 0.269. The van der Waals surface area contributed by atoms with E-state index in [0.717, 1.165) is 10.8 Å². The minimum atomic E-state index is -4.07. The topological polar surface area (TPSA) is 157 Å². The van der Waals surface area contributed by atoms with Gasteiger partial charge in [0.05, 0.1) is 4.90 Å². The molecule has 5 N–H and O–H groups in total. The number of benzene rings is 3. The van der Waals surface area contributed by atoms with Gasteiger partial charge < -0.3 is 20.6 Å². The zero-order valence-corrected chi connectivity index (χ0v) is 20.9. The third-order valence-corrected chi connectivity index (χ3v) is 7.85. The fourth-order valence-corrected chi connectivity index (χ4v) is 5.59.